The molecule has 39 heavy (non-hydrogen) atoms. The van der Waals surface area contributed by atoms with Crippen LogP contribution in [0.2, 0.25) is 0 Å². The van der Waals surface area contributed by atoms with E-state index >= 15 is 0 Å². The van der Waals surface area contributed by atoms with Gasteiger partial charge in [-0.3, -0.25) is 4.79 Å². The molecule has 206 valence electrons. The highest BCUT2D eigenvalue weighted by atomic mass is 16.5. The Hall–Kier alpha value is -3.86. The lowest BCUT2D eigenvalue weighted by atomic mass is 9.92. The number of hydrogen-bond acceptors (Lipinski definition) is 5. The number of rotatable bonds is 16. The molecule has 0 amide bonds. The highest BCUT2D eigenvalue weighted by Gasteiger charge is 2.11. The summed E-state index contributed by atoms with van der Waals surface area (Å²) in [5.41, 5.74) is 4.08. The van der Waals surface area contributed by atoms with E-state index in [1.54, 1.807) is 12.1 Å². The van der Waals surface area contributed by atoms with E-state index in [9.17, 15) is 9.59 Å². The third-order valence-electron chi connectivity index (χ3n) is 6.73. The van der Waals surface area contributed by atoms with Crippen molar-refractivity contribution >= 4 is 18.0 Å². The third kappa shape index (κ3) is 10.8. The van der Waals surface area contributed by atoms with E-state index in [-0.39, 0.29) is 17.9 Å². The number of aryl methyl sites for hydroxylation is 1. The number of hydrogen-bond donors (Lipinski definition) is 0. The first-order valence-corrected chi connectivity index (χ1v) is 13.8. The Morgan fingerprint density at radius 2 is 1.51 bits per heavy atom. The molecule has 5 nitrogen and oxygen atoms in total. The van der Waals surface area contributed by atoms with E-state index in [1.165, 1.54) is 19.8 Å². The summed E-state index contributed by atoms with van der Waals surface area (Å²) in [5, 5.41) is 0. The van der Waals surface area contributed by atoms with Crippen LogP contribution in [0.25, 0.3) is 6.08 Å². The predicted molar refractivity (Wildman–Crippen MR) is 156 cm³/mol. The van der Waals surface area contributed by atoms with Crippen LogP contribution in [0, 0.1) is 5.92 Å². The van der Waals surface area contributed by atoms with Crippen LogP contribution < -0.4 is 4.74 Å². The number of unbranched alkanes of at least 4 members (excludes halogenated alkanes) is 2. The minimum atomic E-state index is -0.344. The van der Waals surface area contributed by atoms with Crippen molar-refractivity contribution in [3.8, 4) is 5.75 Å². The normalized spacial score (nSPS) is 11.7. The molecule has 0 spiro atoms. The molecule has 0 aliphatic carbocycles. The Kier molecular flexibility index (Phi) is 12.8. The number of allylic oxidation sites excluding steroid dienone is 1. The van der Waals surface area contributed by atoms with Gasteiger partial charge in [-0.25, -0.2) is 4.79 Å². The second kappa shape index (κ2) is 16.9. The van der Waals surface area contributed by atoms with Crippen molar-refractivity contribution in [2.24, 2.45) is 5.92 Å². The fraction of sp³-hybridized carbons (Fsp3) is 0.353. The van der Waals surface area contributed by atoms with Crippen molar-refractivity contribution in [2.45, 2.75) is 51.4 Å². The monoisotopic (exact) mass is 528 g/mol. The van der Waals surface area contributed by atoms with Gasteiger partial charge in [0.2, 0.25) is 0 Å². The van der Waals surface area contributed by atoms with Gasteiger partial charge in [-0.15, -0.1) is 0 Å². The zero-order valence-electron chi connectivity index (χ0n) is 23.1. The Balaban J connectivity index is 1.57. The van der Waals surface area contributed by atoms with Gasteiger partial charge in [-0.2, -0.15) is 0 Å². The van der Waals surface area contributed by atoms with Gasteiger partial charge in [0, 0.05) is 12.0 Å². The molecular weight excluding hydrogens is 488 g/mol. The molecule has 3 aromatic rings. The molecule has 0 bridgehead atoms. The molecular formula is C34H40O5. The molecule has 0 aliphatic rings. The average molecular weight is 529 g/mol. The Labute approximate surface area is 232 Å². The van der Waals surface area contributed by atoms with Gasteiger partial charge in [0.1, 0.15) is 5.75 Å². The summed E-state index contributed by atoms with van der Waals surface area (Å²) in [7, 11) is 2.80. The van der Waals surface area contributed by atoms with E-state index in [2.05, 4.69) is 48.6 Å². The van der Waals surface area contributed by atoms with Crippen molar-refractivity contribution < 1.29 is 23.8 Å². The molecule has 1 atom stereocenters. The van der Waals surface area contributed by atoms with Crippen LogP contribution in [0.3, 0.4) is 0 Å². The van der Waals surface area contributed by atoms with Crippen molar-refractivity contribution in [3.63, 3.8) is 0 Å². The highest BCUT2D eigenvalue weighted by molar-refractivity contribution is 5.89. The van der Waals surface area contributed by atoms with Gasteiger partial charge >= 0.3 is 11.9 Å². The first-order chi connectivity index (χ1) is 19.1. The van der Waals surface area contributed by atoms with Gasteiger partial charge in [0.25, 0.3) is 0 Å². The van der Waals surface area contributed by atoms with Gasteiger partial charge < -0.3 is 14.2 Å². The molecule has 0 N–H and O–H groups in total. The van der Waals surface area contributed by atoms with Crippen molar-refractivity contribution in [3.05, 3.63) is 107 Å². The summed E-state index contributed by atoms with van der Waals surface area (Å²) in [6, 6.07) is 26.2. The van der Waals surface area contributed by atoms with E-state index in [0.29, 0.717) is 18.6 Å². The summed E-state index contributed by atoms with van der Waals surface area (Å²) in [4.78, 5) is 23.4. The lowest BCUT2D eigenvalue weighted by Gasteiger charge is -2.14. The Morgan fingerprint density at radius 1 is 0.769 bits per heavy atom. The van der Waals surface area contributed by atoms with Gasteiger partial charge in [-0.05, 0) is 80.2 Å². The van der Waals surface area contributed by atoms with Crippen LogP contribution in [0.4, 0.5) is 0 Å². The van der Waals surface area contributed by atoms with Crippen LogP contribution in [0.5, 0.6) is 5.75 Å². The molecule has 3 aromatic carbocycles. The quantitative estimate of drug-likeness (QED) is 0.142. The number of carbonyl (C=O) groups excluding carboxylic acids is 2. The van der Waals surface area contributed by atoms with Gasteiger partial charge in [0.05, 0.1) is 26.4 Å². The Morgan fingerprint density at radius 3 is 2.26 bits per heavy atom. The largest absolute Gasteiger partial charge is 0.493 e. The van der Waals surface area contributed by atoms with Gasteiger partial charge in [0.15, 0.2) is 0 Å². The van der Waals surface area contributed by atoms with E-state index < -0.39 is 0 Å². The van der Waals surface area contributed by atoms with Crippen molar-refractivity contribution in [1.29, 1.82) is 0 Å². The van der Waals surface area contributed by atoms with Crippen LogP contribution in [-0.4, -0.2) is 32.8 Å². The van der Waals surface area contributed by atoms with Crippen molar-refractivity contribution in [1.82, 2.24) is 0 Å². The van der Waals surface area contributed by atoms with Crippen LogP contribution >= 0.6 is 0 Å². The van der Waals surface area contributed by atoms with E-state index in [4.69, 9.17) is 14.2 Å². The summed E-state index contributed by atoms with van der Waals surface area (Å²) < 4.78 is 15.8. The maximum absolute atomic E-state index is 11.8. The summed E-state index contributed by atoms with van der Waals surface area (Å²) in [5.74, 6) is 0.559. The molecule has 3 rings (SSSR count). The maximum atomic E-state index is 11.8. The molecule has 0 saturated heterocycles. The highest BCUT2D eigenvalue weighted by Crippen LogP contribution is 2.24. The second-order valence-corrected chi connectivity index (χ2v) is 9.66. The van der Waals surface area contributed by atoms with Gasteiger partial charge in [-0.1, -0.05) is 72.8 Å². The zero-order chi connectivity index (χ0) is 27.7. The predicted octanol–water partition coefficient (Wildman–Crippen LogP) is 7.48. The summed E-state index contributed by atoms with van der Waals surface area (Å²) in [6.07, 6.45) is 11.5. The van der Waals surface area contributed by atoms with Crippen LogP contribution in [-0.2, 0) is 27.1 Å². The number of carbonyl (C=O) groups is 2. The number of methoxy groups -OCH3 is 2. The molecule has 0 heterocycles. The topological polar surface area (TPSA) is 61.8 Å². The minimum Gasteiger partial charge on any atom is -0.493 e. The maximum Gasteiger partial charge on any atom is 0.337 e. The fourth-order valence-electron chi connectivity index (χ4n) is 4.50. The first-order valence-electron chi connectivity index (χ1n) is 13.8. The van der Waals surface area contributed by atoms with Crippen LogP contribution in [0.15, 0.2) is 84.9 Å². The molecule has 5 heteroatoms. The molecule has 0 aliphatic heterocycles. The summed E-state index contributed by atoms with van der Waals surface area (Å²) >= 11 is 0. The fourth-order valence-corrected chi connectivity index (χ4v) is 4.50. The second-order valence-electron chi connectivity index (χ2n) is 9.66. The molecule has 1 unspecified atom stereocenters. The minimum absolute atomic E-state index is 0.192. The SMILES string of the molecule is COC(=O)CCCC(C=Cc1ccccc1OCCCCCc1ccccc1)Cc1ccc(C(=O)OC)cc1. The average Bonchev–Trinajstić information content (AvgIpc) is 2.98. The zero-order valence-corrected chi connectivity index (χ0v) is 23.1. The standard InChI is InChI=1S/C34H40O5/c1-37-33(35)18-11-15-28(26-29-20-23-31(24-21-29)34(36)38-2)19-22-30-16-8-9-17-32(30)39-25-10-4-7-14-27-12-5-3-6-13-27/h3,5-6,8-9,12-13,16-17,19-24,28H,4,7,10-11,14-15,18,25-26H2,1-2H3. The summed E-state index contributed by atoms with van der Waals surface area (Å²) in [6.45, 7) is 0.689. The molecule has 0 aromatic heterocycles. The number of esters is 2. The molecule has 0 radical (unpaired) electrons. The third-order valence-corrected chi connectivity index (χ3v) is 6.73. The van der Waals surface area contributed by atoms with E-state index in [0.717, 1.165) is 61.8 Å². The number of para-hydroxylation sites is 1. The number of benzene rings is 3. The molecule has 0 saturated carbocycles. The van der Waals surface area contributed by atoms with E-state index in [1.807, 2.05) is 30.3 Å². The van der Waals surface area contributed by atoms with Crippen molar-refractivity contribution in [2.75, 3.05) is 20.8 Å². The first kappa shape index (κ1) is 29.7. The lowest BCUT2D eigenvalue weighted by molar-refractivity contribution is -0.140. The Bertz CT molecular complexity index is 1170. The number of ether oxygens (including phenoxy) is 3. The van der Waals surface area contributed by atoms with Crippen LogP contribution in [0.1, 0.15) is 65.6 Å². The lowest BCUT2D eigenvalue weighted by Crippen LogP contribution is -2.06. The smallest absolute Gasteiger partial charge is 0.337 e. The molecule has 0 fully saturated rings.